The maximum Gasteiger partial charge on any atom is 0.125 e. The lowest BCUT2D eigenvalue weighted by atomic mass is 10.1. The first kappa shape index (κ1) is 19.3. The number of hydrogen-bond acceptors (Lipinski definition) is 4. The summed E-state index contributed by atoms with van der Waals surface area (Å²) >= 11 is 15.4. The Morgan fingerprint density at radius 2 is 1.36 bits per heavy atom. The number of rotatable bonds is 5. The molecule has 0 unspecified atom stereocenters. The third kappa shape index (κ3) is 4.36. The molecule has 1 aromatic heterocycles. The van der Waals surface area contributed by atoms with Gasteiger partial charge in [-0.1, -0.05) is 47.1 Å². The first-order valence-corrected chi connectivity index (χ1v) is 10.9. The molecule has 28 heavy (non-hydrogen) atoms. The quantitative estimate of drug-likeness (QED) is 0.312. The van der Waals surface area contributed by atoms with Crippen LogP contribution in [0.1, 0.15) is 0 Å². The Bertz CT molecular complexity index is 1080. The van der Waals surface area contributed by atoms with Crippen LogP contribution in [-0.4, -0.2) is 12.1 Å². The summed E-state index contributed by atoms with van der Waals surface area (Å²) < 4.78 is 6.40. The molecular formula is C22H15Cl2NOS2. The predicted octanol–water partition coefficient (Wildman–Crippen LogP) is 7.94. The molecule has 0 fully saturated rings. The lowest BCUT2D eigenvalue weighted by Crippen LogP contribution is -1.84. The summed E-state index contributed by atoms with van der Waals surface area (Å²) in [5.74, 6) is 0.823. The molecule has 6 heteroatoms. The monoisotopic (exact) mass is 443 g/mol. The molecule has 0 amide bonds. The van der Waals surface area contributed by atoms with Crippen molar-refractivity contribution in [1.82, 2.24) is 4.98 Å². The highest BCUT2D eigenvalue weighted by Gasteiger charge is 2.16. The van der Waals surface area contributed by atoms with Crippen LogP contribution in [0.25, 0.3) is 21.8 Å². The molecule has 0 bridgehead atoms. The molecule has 0 atom stereocenters. The summed E-state index contributed by atoms with van der Waals surface area (Å²) in [6.45, 7) is 0. The molecule has 4 rings (SSSR count). The van der Waals surface area contributed by atoms with E-state index < -0.39 is 0 Å². The highest BCUT2D eigenvalue weighted by molar-refractivity contribution is 8.01. The summed E-state index contributed by atoms with van der Waals surface area (Å²) in [6, 6.07) is 23.6. The van der Waals surface area contributed by atoms with E-state index in [0.29, 0.717) is 5.02 Å². The van der Waals surface area contributed by atoms with E-state index in [9.17, 15) is 0 Å². The molecule has 0 N–H and O–H groups in total. The third-order valence-corrected chi connectivity index (χ3v) is 6.86. The maximum absolute atomic E-state index is 6.04. The van der Waals surface area contributed by atoms with E-state index in [0.717, 1.165) is 41.7 Å². The SMILES string of the molecule is COc1ccc(-c2nc(-c3ccc(Cl)cc3)sc2Sc2ccc(Cl)cc2)cc1. The number of ether oxygens (including phenoxy) is 1. The standard InChI is InChI=1S/C22H15Cl2NOS2/c1-26-18-10-4-14(5-11-18)20-22(27-19-12-8-17(24)9-13-19)28-21(25-20)15-2-6-16(23)7-3-15/h2-13H,1H3. The van der Waals surface area contributed by atoms with Gasteiger partial charge in [-0.2, -0.15) is 0 Å². The maximum atomic E-state index is 6.04. The molecule has 0 aliphatic carbocycles. The van der Waals surface area contributed by atoms with Crippen molar-refractivity contribution in [3.63, 3.8) is 0 Å². The molecule has 4 aromatic rings. The molecule has 1 heterocycles. The van der Waals surface area contributed by atoms with Gasteiger partial charge in [-0.3, -0.25) is 0 Å². The molecule has 140 valence electrons. The van der Waals surface area contributed by atoms with Crippen molar-refractivity contribution in [1.29, 1.82) is 0 Å². The average molecular weight is 444 g/mol. The van der Waals surface area contributed by atoms with Gasteiger partial charge in [0.2, 0.25) is 0 Å². The Hall–Kier alpha value is -1.98. The van der Waals surface area contributed by atoms with Crippen LogP contribution in [-0.2, 0) is 0 Å². The van der Waals surface area contributed by atoms with Crippen molar-refractivity contribution < 1.29 is 4.74 Å². The minimum absolute atomic E-state index is 0.714. The molecule has 0 radical (unpaired) electrons. The largest absolute Gasteiger partial charge is 0.497 e. The van der Waals surface area contributed by atoms with Gasteiger partial charge in [0.15, 0.2) is 0 Å². The number of nitrogens with zero attached hydrogens (tertiary/aromatic N) is 1. The van der Waals surface area contributed by atoms with Crippen molar-refractivity contribution >= 4 is 46.3 Å². The van der Waals surface area contributed by atoms with Gasteiger partial charge in [-0.25, -0.2) is 4.98 Å². The highest BCUT2D eigenvalue weighted by atomic mass is 35.5. The molecular weight excluding hydrogens is 429 g/mol. The smallest absolute Gasteiger partial charge is 0.125 e. The second-order valence-corrected chi connectivity index (χ2v) is 9.16. The zero-order valence-corrected chi connectivity index (χ0v) is 18.0. The van der Waals surface area contributed by atoms with Crippen LogP contribution in [0.2, 0.25) is 10.0 Å². The van der Waals surface area contributed by atoms with Crippen molar-refractivity contribution in [3.05, 3.63) is 82.8 Å². The molecule has 0 saturated heterocycles. The van der Waals surface area contributed by atoms with Gasteiger partial charge in [0.25, 0.3) is 0 Å². The molecule has 0 aliphatic heterocycles. The Morgan fingerprint density at radius 3 is 1.96 bits per heavy atom. The Kier molecular flexibility index (Phi) is 5.93. The second-order valence-electron chi connectivity index (χ2n) is 5.95. The fourth-order valence-corrected chi connectivity index (χ4v) is 5.15. The Morgan fingerprint density at radius 1 is 0.786 bits per heavy atom. The second kappa shape index (κ2) is 8.58. The third-order valence-electron chi connectivity index (χ3n) is 4.07. The van der Waals surface area contributed by atoms with E-state index in [2.05, 4.69) is 0 Å². The zero-order chi connectivity index (χ0) is 19.5. The lowest BCUT2D eigenvalue weighted by Gasteiger charge is -2.04. The van der Waals surface area contributed by atoms with Crippen LogP contribution in [0.15, 0.2) is 81.9 Å². The van der Waals surface area contributed by atoms with Crippen molar-refractivity contribution in [2.24, 2.45) is 0 Å². The predicted molar refractivity (Wildman–Crippen MR) is 120 cm³/mol. The lowest BCUT2D eigenvalue weighted by molar-refractivity contribution is 0.415. The summed E-state index contributed by atoms with van der Waals surface area (Å²) in [4.78, 5) is 6.05. The summed E-state index contributed by atoms with van der Waals surface area (Å²) in [7, 11) is 1.66. The van der Waals surface area contributed by atoms with Crippen molar-refractivity contribution in [2.75, 3.05) is 7.11 Å². The van der Waals surface area contributed by atoms with E-state index >= 15 is 0 Å². The average Bonchev–Trinajstić information content (AvgIpc) is 3.14. The normalized spacial score (nSPS) is 10.8. The Balaban J connectivity index is 1.76. The van der Waals surface area contributed by atoms with E-state index in [4.69, 9.17) is 32.9 Å². The fourth-order valence-electron chi connectivity index (χ4n) is 2.63. The number of thiazole rings is 1. The van der Waals surface area contributed by atoms with Crippen LogP contribution < -0.4 is 4.74 Å². The minimum atomic E-state index is 0.714. The van der Waals surface area contributed by atoms with Crippen molar-refractivity contribution in [3.8, 4) is 27.6 Å². The molecule has 0 spiro atoms. The fraction of sp³-hybridized carbons (Fsp3) is 0.0455. The summed E-state index contributed by atoms with van der Waals surface area (Å²) in [5.41, 5.74) is 3.05. The highest BCUT2D eigenvalue weighted by Crippen LogP contribution is 2.43. The van der Waals surface area contributed by atoms with E-state index in [-0.39, 0.29) is 0 Å². The van der Waals surface area contributed by atoms with Gasteiger partial charge >= 0.3 is 0 Å². The number of benzene rings is 3. The van der Waals surface area contributed by atoms with E-state index in [1.165, 1.54) is 0 Å². The molecule has 2 nitrogen and oxygen atoms in total. The van der Waals surface area contributed by atoms with Gasteiger partial charge in [0.1, 0.15) is 10.8 Å². The molecule has 3 aromatic carbocycles. The van der Waals surface area contributed by atoms with Gasteiger partial charge < -0.3 is 4.74 Å². The van der Waals surface area contributed by atoms with Gasteiger partial charge in [0.05, 0.1) is 17.0 Å². The first-order valence-electron chi connectivity index (χ1n) is 8.47. The zero-order valence-electron chi connectivity index (χ0n) is 14.9. The number of hydrogen-bond donors (Lipinski definition) is 0. The van der Waals surface area contributed by atoms with Crippen LogP contribution in [0.5, 0.6) is 5.75 Å². The number of methoxy groups -OCH3 is 1. The minimum Gasteiger partial charge on any atom is -0.497 e. The topological polar surface area (TPSA) is 22.1 Å². The molecule has 0 aliphatic rings. The Labute approximate surface area is 182 Å². The molecule has 0 saturated carbocycles. The van der Waals surface area contributed by atoms with E-state index in [1.54, 1.807) is 30.2 Å². The van der Waals surface area contributed by atoms with Gasteiger partial charge in [-0.15, -0.1) is 11.3 Å². The van der Waals surface area contributed by atoms with Gasteiger partial charge in [-0.05, 0) is 60.7 Å². The first-order chi connectivity index (χ1) is 13.6. The number of halogens is 2. The van der Waals surface area contributed by atoms with Crippen molar-refractivity contribution in [2.45, 2.75) is 9.10 Å². The number of aromatic nitrogens is 1. The van der Waals surface area contributed by atoms with Crippen LogP contribution in [0, 0.1) is 0 Å². The summed E-state index contributed by atoms with van der Waals surface area (Å²) in [6.07, 6.45) is 0. The van der Waals surface area contributed by atoms with Crippen LogP contribution in [0.3, 0.4) is 0 Å². The van der Waals surface area contributed by atoms with E-state index in [1.807, 2.05) is 72.8 Å². The summed E-state index contributed by atoms with van der Waals surface area (Å²) in [5, 5.41) is 2.40. The van der Waals surface area contributed by atoms with Gasteiger partial charge in [0, 0.05) is 26.1 Å². The van der Waals surface area contributed by atoms with Crippen LogP contribution in [0.4, 0.5) is 0 Å². The van der Waals surface area contributed by atoms with Crippen LogP contribution >= 0.6 is 46.3 Å².